The summed E-state index contributed by atoms with van der Waals surface area (Å²) in [7, 11) is 0. The Balaban J connectivity index is 2.09. The topological polar surface area (TPSA) is 53.0 Å². The summed E-state index contributed by atoms with van der Waals surface area (Å²) in [6.07, 6.45) is 2.22. The Hall–Kier alpha value is -2.31. The molecule has 1 aliphatic heterocycles. The second-order valence-corrected chi connectivity index (χ2v) is 5.55. The van der Waals surface area contributed by atoms with E-state index in [2.05, 4.69) is 36.1 Å². The van der Waals surface area contributed by atoms with Crippen LogP contribution in [0.15, 0.2) is 36.4 Å². The molecule has 21 heavy (non-hydrogen) atoms. The molecule has 1 heterocycles. The van der Waals surface area contributed by atoms with Crippen molar-refractivity contribution in [3.63, 3.8) is 0 Å². The number of hydrogen-bond acceptors (Lipinski definition) is 3. The van der Waals surface area contributed by atoms with Crippen molar-refractivity contribution in [2.75, 3.05) is 11.4 Å². The first-order valence-corrected chi connectivity index (χ1v) is 7.33. The molecule has 3 rings (SSSR count). The van der Waals surface area contributed by atoms with Crippen LogP contribution in [0.4, 0.5) is 11.4 Å². The number of nitrogens with two attached hydrogens (primary N) is 1. The van der Waals surface area contributed by atoms with Gasteiger partial charge < -0.3 is 10.6 Å². The molecule has 1 aliphatic rings. The summed E-state index contributed by atoms with van der Waals surface area (Å²) in [5.74, 6) is 0. The van der Waals surface area contributed by atoms with Crippen LogP contribution in [-0.2, 0) is 13.0 Å². The van der Waals surface area contributed by atoms with Gasteiger partial charge >= 0.3 is 0 Å². The quantitative estimate of drug-likeness (QED) is 0.915. The van der Waals surface area contributed by atoms with E-state index in [0.717, 1.165) is 30.6 Å². The molecular weight excluding hydrogens is 258 g/mol. The molecule has 3 heteroatoms. The zero-order valence-electron chi connectivity index (χ0n) is 12.3. The van der Waals surface area contributed by atoms with Crippen LogP contribution >= 0.6 is 0 Å². The number of rotatable bonds is 2. The second kappa shape index (κ2) is 5.59. The summed E-state index contributed by atoms with van der Waals surface area (Å²) in [4.78, 5) is 2.26. The summed E-state index contributed by atoms with van der Waals surface area (Å²) in [5.41, 5.74) is 12.2. The minimum absolute atomic E-state index is 0.463. The van der Waals surface area contributed by atoms with Gasteiger partial charge in [0.05, 0.1) is 11.3 Å². The van der Waals surface area contributed by atoms with Crippen LogP contribution < -0.4 is 10.6 Å². The first kappa shape index (κ1) is 13.7. The van der Waals surface area contributed by atoms with Crippen LogP contribution in [0.5, 0.6) is 0 Å². The molecule has 0 radical (unpaired) electrons. The van der Waals surface area contributed by atoms with E-state index in [1.807, 2.05) is 18.2 Å². The van der Waals surface area contributed by atoms with E-state index < -0.39 is 0 Å². The molecule has 0 aromatic heterocycles. The van der Waals surface area contributed by atoms with Gasteiger partial charge in [0, 0.05) is 18.8 Å². The average Bonchev–Trinajstić information content (AvgIpc) is 2.53. The van der Waals surface area contributed by atoms with E-state index >= 15 is 0 Å². The van der Waals surface area contributed by atoms with Crippen LogP contribution in [0.2, 0.25) is 0 Å². The third-order valence-corrected chi connectivity index (χ3v) is 4.06. The Morgan fingerprint density at radius 3 is 2.76 bits per heavy atom. The Bertz CT molecular complexity index is 713. The minimum atomic E-state index is 0.463. The number of nitrogens with zero attached hydrogens (tertiary/aromatic N) is 2. The van der Waals surface area contributed by atoms with Gasteiger partial charge in [-0.15, -0.1) is 0 Å². The predicted octanol–water partition coefficient (Wildman–Crippen LogP) is 3.41. The molecule has 2 aromatic rings. The minimum Gasteiger partial charge on any atom is -0.340 e. The lowest BCUT2D eigenvalue weighted by atomic mass is 9.98. The van der Waals surface area contributed by atoms with Crippen LogP contribution in [-0.4, -0.2) is 6.54 Å². The standard InChI is InChI=1S/C18H19N3/c1-13-4-6-17-15(9-13)3-2-8-21(17)18-7-5-14(11-19)10-16(18)12-20/h4-7,9-10H,2-3,8,11,19H2,1H3. The van der Waals surface area contributed by atoms with E-state index in [0.29, 0.717) is 12.1 Å². The maximum atomic E-state index is 9.44. The highest BCUT2D eigenvalue weighted by atomic mass is 15.1. The molecule has 0 bridgehead atoms. The molecule has 0 fully saturated rings. The molecule has 0 saturated carbocycles. The highest BCUT2D eigenvalue weighted by molar-refractivity contribution is 5.73. The van der Waals surface area contributed by atoms with Crippen molar-refractivity contribution in [2.45, 2.75) is 26.3 Å². The molecular formula is C18H19N3. The Labute approximate surface area is 125 Å². The van der Waals surface area contributed by atoms with Gasteiger partial charge in [-0.3, -0.25) is 0 Å². The maximum Gasteiger partial charge on any atom is 0.101 e. The van der Waals surface area contributed by atoms with Crippen molar-refractivity contribution in [2.24, 2.45) is 5.73 Å². The van der Waals surface area contributed by atoms with Crippen LogP contribution in [0.1, 0.15) is 28.7 Å². The van der Waals surface area contributed by atoms with Crippen LogP contribution in [0.25, 0.3) is 0 Å². The Morgan fingerprint density at radius 1 is 1.19 bits per heavy atom. The summed E-state index contributed by atoms with van der Waals surface area (Å²) in [6, 6.07) is 14.8. The zero-order valence-corrected chi connectivity index (χ0v) is 12.3. The fourth-order valence-corrected chi connectivity index (χ4v) is 3.01. The summed E-state index contributed by atoms with van der Waals surface area (Å²) >= 11 is 0. The van der Waals surface area contributed by atoms with Gasteiger partial charge in [-0.25, -0.2) is 0 Å². The summed E-state index contributed by atoms with van der Waals surface area (Å²) < 4.78 is 0. The summed E-state index contributed by atoms with van der Waals surface area (Å²) in [6.45, 7) is 3.54. The second-order valence-electron chi connectivity index (χ2n) is 5.55. The lowest BCUT2D eigenvalue weighted by Crippen LogP contribution is -2.25. The molecule has 0 aliphatic carbocycles. The first-order valence-electron chi connectivity index (χ1n) is 7.33. The fraction of sp³-hybridized carbons (Fsp3) is 0.278. The van der Waals surface area contributed by atoms with Gasteiger partial charge in [0.2, 0.25) is 0 Å². The molecule has 0 saturated heterocycles. The number of anilines is 2. The van der Waals surface area contributed by atoms with E-state index in [1.54, 1.807) is 0 Å². The van der Waals surface area contributed by atoms with E-state index in [4.69, 9.17) is 5.73 Å². The van der Waals surface area contributed by atoms with Gasteiger partial charge in [-0.1, -0.05) is 23.8 Å². The van der Waals surface area contributed by atoms with Crippen molar-refractivity contribution >= 4 is 11.4 Å². The Kier molecular flexibility index (Phi) is 3.64. The smallest absolute Gasteiger partial charge is 0.101 e. The van der Waals surface area contributed by atoms with Crippen molar-refractivity contribution in [1.82, 2.24) is 0 Å². The predicted molar refractivity (Wildman–Crippen MR) is 85.6 cm³/mol. The van der Waals surface area contributed by atoms with Gasteiger partial charge in [-0.2, -0.15) is 5.26 Å². The van der Waals surface area contributed by atoms with Crippen molar-refractivity contribution in [3.05, 3.63) is 58.7 Å². The first-order chi connectivity index (χ1) is 10.2. The molecule has 0 amide bonds. The largest absolute Gasteiger partial charge is 0.340 e. The maximum absolute atomic E-state index is 9.44. The molecule has 0 spiro atoms. The molecule has 3 nitrogen and oxygen atoms in total. The summed E-state index contributed by atoms with van der Waals surface area (Å²) in [5, 5.41) is 9.44. The highest BCUT2D eigenvalue weighted by Gasteiger charge is 2.20. The van der Waals surface area contributed by atoms with E-state index in [9.17, 15) is 5.26 Å². The number of fused-ring (bicyclic) bond motifs is 1. The normalized spacial score (nSPS) is 13.7. The average molecular weight is 277 g/mol. The SMILES string of the molecule is Cc1ccc2c(c1)CCCN2c1ccc(CN)cc1C#N. The van der Waals surface area contributed by atoms with Crippen LogP contribution in [0.3, 0.4) is 0 Å². The van der Waals surface area contributed by atoms with Crippen molar-refractivity contribution < 1.29 is 0 Å². The third-order valence-electron chi connectivity index (χ3n) is 4.06. The van der Waals surface area contributed by atoms with E-state index in [-0.39, 0.29) is 0 Å². The molecule has 0 unspecified atom stereocenters. The number of hydrogen-bond donors (Lipinski definition) is 1. The van der Waals surface area contributed by atoms with Gasteiger partial charge in [-0.05, 0) is 49.1 Å². The van der Waals surface area contributed by atoms with Gasteiger partial charge in [0.15, 0.2) is 0 Å². The van der Waals surface area contributed by atoms with Crippen molar-refractivity contribution in [3.8, 4) is 6.07 Å². The molecule has 2 N–H and O–H groups in total. The fourth-order valence-electron chi connectivity index (χ4n) is 3.01. The zero-order chi connectivity index (χ0) is 14.8. The lowest BCUT2D eigenvalue weighted by Gasteiger charge is -2.32. The molecule has 0 atom stereocenters. The number of benzene rings is 2. The third kappa shape index (κ3) is 2.51. The highest BCUT2D eigenvalue weighted by Crippen LogP contribution is 2.35. The Morgan fingerprint density at radius 2 is 2.00 bits per heavy atom. The van der Waals surface area contributed by atoms with Crippen LogP contribution in [0, 0.1) is 18.3 Å². The molecule has 106 valence electrons. The van der Waals surface area contributed by atoms with E-state index in [1.165, 1.54) is 16.8 Å². The number of aryl methyl sites for hydroxylation is 2. The molecule has 2 aromatic carbocycles. The van der Waals surface area contributed by atoms with Crippen molar-refractivity contribution in [1.29, 1.82) is 5.26 Å². The van der Waals surface area contributed by atoms with Gasteiger partial charge in [0.25, 0.3) is 0 Å². The lowest BCUT2D eigenvalue weighted by molar-refractivity contribution is 0.765. The number of nitriles is 1. The van der Waals surface area contributed by atoms with Gasteiger partial charge in [0.1, 0.15) is 6.07 Å². The monoisotopic (exact) mass is 277 g/mol.